The van der Waals surface area contributed by atoms with Crippen molar-refractivity contribution >= 4 is 70.7 Å². The molecule has 20 nitrogen and oxygen atoms in total. The zero-order chi connectivity index (χ0) is 79.7. The van der Waals surface area contributed by atoms with Gasteiger partial charge in [-0.1, -0.05) is 0 Å². The molecule has 108 heavy (non-hydrogen) atoms. The molecule has 8 bridgehead atoms. The predicted molar refractivity (Wildman–Crippen MR) is 359 cm³/mol. The first-order valence-electron chi connectivity index (χ1n) is 32.4. The number of nitrogens with one attached hydrogen (secondary N) is 6. The molecule has 0 unspecified atom stereocenters. The van der Waals surface area contributed by atoms with Gasteiger partial charge in [-0.25, -0.2) is 64.3 Å². The molecule has 0 radical (unpaired) electrons. The molecule has 4 aromatic carbocycles. The van der Waals surface area contributed by atoms with E-state index >= 15 is 70.2 Å². The van der Waals surface area contributed by atoms with Crippen LogP contribution in [0.2, 0.25) is 0 Å². The summed E-state index contributed by atoms with van der Waals surface area (Å²) in [6.45, 7) is 11.9. The van der Waals surface area contributed by atoms with Crippen LogP contribution in [0.25, 0.3) is 90.9 Å². The molecule has 0 saturated carbocycles. The molecule has 6 N–H and O–H groups in total. The number of amides is 4. The normalized spacial score (nSPS) is 12.3. The first-order valence-corrected chi connectivity index (χ1v) is 32.4. The number of aromatic nitrogens is 4. The summed E-state index contributed by atoms with van der Waals surface area (Å²) in [5.74, 6) is -44.2. The van der Waals surface area contributed by atoms with Gasteiger partial charge in [-0.2, -0.15) is 35.1 Å². The molecular weight excluding hydrogens is 1470 g/mol. The molecule has 2 aliphatic rings. The van der Waals surface area contributed by atoms with E-state index in [0.717, 1.165) is 24.3 Å². The van der Waals surface area contributed by atoms with Crippen molar-refractivity contribution < 1.29 is 127 Å². The van der Waals surface area contributed by atoms with Crippen molar-refractivity contribution in [3.63, 3.8) is 0 Å². The number of alkyl carbamates (subject to hydrolysis) is 4. The van der Waals surface area contributed by atoms with Crippen molar-refractivity contribution in [2.75, 3.05) is 52.6 Å². The summed E-state index contributed by atoms with van der Waals surface area (Å²) in [4.78, 5) is 62.7. The zero-order valence-electron chi connectivity index (χ0n) is 59.1. The summed E-state index contributed by atoms with van der Waals surface area (Å²) in [7, 11) is 0. The number of fused-ring (bicyclic) bond motifs is 8. The number of carbonyl (C=O) groups excluding carboxylic acids is 4. The van der Waals surface area contributed by atoms with Crippen LogP contribution in [-0.2, 0) is 18.9 Å². The molecule has 3 aromatic heterocycles. The van der Waals surface area contributed by atoms with Crippen molar-refractivity contribution in [3.8, 4) is 67.5 Å². The zero-order valence-corrected chi connectivity index (χ0v) is 59.1. The van der Waals surface area contributed by atoms with Crippen molar-refractivity contribution in [3.05, 3.63) is 140 Å². The van der Waals surface area contributed by atoms with E-state index in [1.807, 2.05) is 0 Å². The third kappa shape index (κ3) is 17.7. The maximum atomic E-state index is 17.2. The maximum absolute atomic E-state index is 17.2. The van der Waals surface area contributed by atoms with E-state index in [0.29, 0.717) is 24.3 Å². The molecule has 36 heteroatoms. The minimum atomic E-state index is -2.35. The van der Waals surface area contributed by atoms with Gasteiger partial charge in [0.1, 0.15) is 48.8 Å². The van der Waals surface area contributed by atoms with Crippen LogP contribution in [0.4, 0.5) is 89.4 Å². The van der Waals surface area contributed by atoms with Crippen LogP contribution in [0.5, 0.6) is 23.0 Å². The summed E-state index contributed by atoms with van der Waals surface area (Å²) in [5.41, 5.74) is -23.4. The summed E-state index contributed by atoms with van der Waals surface area (Å²) in [6, 6.07) is 2.94. The second-order valence-corrected chi connectivity index (χ2v) is 27.5. The van der Waals surface area contributed by atoms with Gasteiger partial charge in [0.25, 0.3) is 0 Å². The second kappa shape index (κ2) is 31.6. The number of carbonyl (C=O) groups is 4. The van der Waals surface area contributed by atoms with Gasteiger partial charge in [-0.15, -0.1) is 0 Å². The molecule has 7 aromatic rings. The van der Waals surface area contributed by atoms with E-state index in [2.05, 4.69) is 41.2 Å². The highest BCUT2D eigenvalue weighted by atomic mass is 19.2. The van der Waals surface area contributed by atoms with E-state index < -0.39 is 305 Å². The molecule has 5 heterocycles. The average molecular weight is 1540 g/mol. The third-order valence-corrected chi connectivity index (χ3v) is 14.7. The highest BCUT2D eigenvalue weighted by Gasteiger charge is 2.37. The Kier molecular flexibility index (Phi) is 23.6. The highest BCUT2D eigenvalue weighted by molar-refractivity contribution is 6.00. The molecule has 4 amide bonds. The number of halogens is 16. The Morgan fingerprint density at radius 3 is 0.611 bits per heavy atom. The Morgan fingerprint density at radius 1 is 0.287 bits per heavy atom. The number of nitrogens with zero attached hydrogens (tertiary/aromatic N) is 2. The van der Waals surface area contributed by atoms with Crippen LogP contribution in [0.1, 0.15) is 106 Å². The average Bonchev–Trinajstić information content (AvgIpc) is 1.54. The maximum Gasteiger partial charge on any atom is 0.407 e. The largest absolute Gasteiger partial charge is 0.486 e. The molecule has 2 aliphatic heterocycles. The van der Waals surface area contributed by atoms with Crippen LogP contribution < -0.4 is 40.2 Å². The van der Waals surface area contributed by atoms with Gasteiger partial charge in [0.05, 0.1) is 71.2 Å². The quantitative estimate of drug-likeness (QED) is 0.0180. The number of rotatable bonds is 20. The minimum absolute atomic E-state index is 0.608. The molecule has 0 aliphatic carbocycles. The van der Waals surface area contributed by atoms with Crippen molar-refractivity contribution in [2.45, 2.75) is 105 Å². The van der Waals surface area contributed by atoms with Gasteiger partial charge in [0.2, 0.25) is 46.5 Å². The molecule has 0 saturated heterocycles. The van der Waals surface area contributed by atoms with Crippen LogP contribution in [-0.4, -0.2) is 119 Å². The fraction of sp³-hybridized carbons (Fsp3) is 0.333. The number of aromatic amines is 2. The lowest BCUT2D eigenvalue weighted by molar-refractivity contribution is 0.0508. The Labute approximate surface area is 603 Å². The highest BCUT2D eigenvalue weighted by Crippen LogP contribution is 2.47. The van der Waals surface area contributed by atoms with E-state index in [1.54, 1.807) is 0 Å². The lowest BCUT2D eigenvalue weighted by Gasteiger charge is -2.19. The lowest BCUT2D eigenvalue weighted by atomic mass is 10.0. The molecule has 0 fully saturated rings. The minimum Gasteiger partial charge on any atom is -0.486 e. The Bertz CT molecular complexity index is 4300. The molecular formula is C72H66F16N8O12. The topological polar surface area (TPSA) is 248 Å². The lowest BCUT2D eigenvalue weighted by Crippen LogP contribution is -2.34. The smallest absolute Gasteiger partial charge is 0.407 e. The van der Waals surface area contributed by atoms with Gasteiger partial charge >= 0.3 is 24.4 Å². The van der Waals surface area contributed by atoms with Crippen LogP contribution >= 0.6 is 0 Å². The number of benzene rings is 4. The summed E-state index contributed by atoms with van der Waals surface area (Å²) in [5, 5.41) is 8.73. The van der Waals surface area contributed by atoms with E-state index in [1.165, 1.54) is 83.1 Å². The van der Waals surface area contributed by atoms with Crippen molar-refractivity contribution in [1.82, 2.24) is 41.2 Å². The number of ether oxygens (including phenoxy) is 8. The Hall–Kier alpha value is -11.4. The SMILES string of the molecule is CC(C)(C)OC(=O)NCCOc1c(F)c(F)c(-c2c3nc(c(-c4c(F)c(F)c(OCCNC(=O)OC(C)(C)C)c(F)c4F)c4ccc([nH]4)c(-c4c(F)c(F)c(OCCNC(=O)OC(C)(C)C)c(F)c4F)c4nc(c(-c5c(F)c(F)c(OCCNC(=O)OC(C)(C)C)c(F)c5F)c5ccc2[nH]5)C=C4)C=C3)c(F)c1F. The van der Waals surface area contributed by atoms with Gasteiger partial charge in [-0.3, -0.25) is 0 Å². The van der Waals surface area contributed by atoms with Crippen molar-refractivity contribution in [2.24, 2.45) is 0 Å². The van der Waals surface area contributed by atoms with Gasteiger partial charge in [0, 0.05) is 44.3 Å². The second-order valence-electron chi connectivity index (χ2n) is 27.5. The van der Waals surface area contributed by atoms with Crippen LogP contribution in [0, 0.1) is 93.1 Å². The van der Waals surface area contributed by atoms with Gasteiger partial charge in [-0.05, 0) is 132 Å². The number of H-pyrrole nitrogens is 2. The summed E-state index contributed by atoms with van der Waals surface area (Å²) < 4.78 is 311. The standard InChI is InChI=1S/C72H66F16N8O12/c1-69(2,3)105-65(97)89-21-25-101-61-53(81)45(73)41(46(74)54(61)82)37-29-13-15-31(93-29)38(42-47(75)55(83)62(56(84)48(42)76)102-26-22-90-66(98)106-70(4,5)6)33-17-19-35(95-33)40(44-51(79)59(87)64(60(88)52(44)80)104-28-24-92-68(100)108-72(10,11)12)36-20-18-34(96-36)39(32-16-14-30(37)94-32)43-49(77)57(85)63(58(86)50(43)78)103-27-23-91-67(99)107-71(7,8)9/h13-20,93,96H,21-28H2,1-12H3,(H,89,97)(H,90,98)(H,91,99)(H,92,100). The van der Waals surface area contributed by atoms with Crippen LogP contribution in [0.3, 0.4) is 0 Å². The number of hydrogen-bond donors (Lipinski definition) is 6. The summed E-state index contributed by atoms with van der Waals surface area (Å²) in [6.07, 6.45) is -1.41. The Balaban J connectivity index is 1.37. The van der Waals surface area contributed by atoms with Gasteiger partial charge in [0.15, 0.2) is 69.5 Å². The Morgan fingerprint density at radius 2 is 0.454 bits per heavy atom. The van der Waals surface area contributed by atoms with E-state index in [4.69, 9.17) is 37.9 Å². The summed E-state index contributed by atoms with van der Waals surface area (Å²) >= 11 is 0. The first kappa shape index (κ1) is 80.7. The van der Waals surface area contributed by atoms with E-state index in [-0.39, 0.29) is 0 Å². The number of hydrogen-bond acceptors (Lipinski definition) is 14. The van der Waals surface area contributed by atoms with E-state index in [9.17, 15) is 19.2 Å². The molecule has 0 spiro atoms. The predicted octanol–water partition coefficient (Wildman–Crippen LogP) is 17.2. The fourth-order valence-corrected chi connectivity index (χ4v) is 10.6. The van der Waals surface area contributed by atoms with Crippen LogP contribution in [0.15, 0.2) is 24.3 Å². The third-order valence-electron chi connectivity index (χ3n) is 14.7. The monoisotopic (exact) mass is 1540 g/mol. The fourth-order valence-electron chi connectivity index (χ4n) is 10.6. The van der Waals surface area contributed by atoms with Crippen molar-refractivity contribution in [1.29, 1.82) is 0 Å². The molecule has 9 rings (SSSR count). The molecule has 578 valence electrons. The van der Waals surface area contributed by atoms with Gasteiger partial charge < -0.3 is 69.1 Å². The molecule has 0 atom stereocenters. The first-order chi connectivity index (χ1) is 50.4.